The molecule has 0 unspecified atom stereocenters. The van der Waals surface area contributed by atoms with E-state index in [0.717, 1.165) is 44.6 Å². The summed E-state index contributed by atoms with van der Waals surface area (Å²) in [6.07, 6.45) is 10.1. The average molecular weight is 702 g/mol. The average Bonchev–Trinajstić information content (AvgIpc) is 3.37. The molecule has 1 fully saturated rings. The van der Waals surface area contributed by atoms with Crippen LogP contribution in [0.3, 0.4) is 0 Å². The maximum atomic E-state index is 6.19. The van der Waals surface area contributed by atoms with Gasteiger partial charge in [0.25, 0.3) is 0 Å². The van der Waals surface area contributed by atoms with Crippen LogP contribution >= 0.6 is 0 Å². The maximum absolute atomic E-state index is 6.19. The van der Waals surface area contributed by atoms with E-state index in [-0.39, 0.29) is 20.1 Å². The van der Waals surface area contributed by atoms with E-state index in [9.17, 15) is 0 Å². The number of pyridine rings is 3. The van der Waals surface area contributed by atoms with Crippen molar-refractivity contribution in [3.8, 4) is 22.5 Å². The van der Waals surface area contributed by atoms with Crippen molar-refractivity contribution in [1.82, 2.24) is 15.0 Å². The van der Waals surface area contributed by atoms with Crippen LogP contribution in [0, 0.1) is 26.0 Å². The fraction of sp³-hybridized carbons (Fsp3) is 0.229. The Morgan fingerprint density at radius 2 is 1.62 bits per heavy atom. The fourth-order valence-electron chi connectivity index (χ4n) is 5.25. The van der Waals surface area contributed by atoms with Gasteiger partial charge < -0.3 is 14.4 Å². The minimum atomic E-state index is 0. The molecule has 2 aromatic carbocycles. The summed E-state index contributed by atoms with van der Waals surface area (Å²) in [7, 11) is 0. The first-order chi connectivity index (χ1) is 19.2. The third-order valence-corrected chi connectivity index (χ3v) is 7.42. The van der Waals surface area contributed by atoms with Gasteiger partial charge in [0.15, 0.2) is 0 Å². The van der Waals surface area contributed by atoms with Crippen LogP contribution in [0.4, 0.5) is 0 Å². The van der Waals surface area contributed by atoms with Crippen molar-refractivity contribution in [3.05, 3.63) is 114 Å². The summed E-state index contributed by atoms with van der Waals surface area (Å²) >= 11 is 0. The molecule has 4 heterocycles. The van der Waals surface area contributed by atoms with Gasteiger partial charge in [0.05, 0.1) is 5.58 Å². The first-order valence-electron chi connectivity index (χ1n) is 13.7. The van der Waals surface area contributed by atoms with Crippen LogP contribution in [0.5, 0.6) is 0 Å². The molecule has 0 atom stereocenters. The third kappa shape index (κ3) is 6.06. The van der Waals surface area contributed by atoms with Crippen LogP contribution in [-0.4, -0.2) is 15.0 Å². The number of furan rings is 1. The number of aryl methyl sites for hydroxylation is 2. The predicted octanol–water partition coefficient (Wildman–Crippen LogP) is 9.05. The summed E-state index contributed by atoms with van der Waals surface area (Å²) in [5.74, 6) is 0.577. The number of fused-ring (bicyclic) bond motifs is 3. The summed E-state index contributed by atoms with van der Waals surface area (Å²) in [5.41, 5.74) is 8.94. The smallest absolute Gasteiger partial charge is 0.216 e. The normalized spacial score (nSPS) is 13.4. The van der Waals surface area contributed by atoms with E-state index in [0.29, 0.717) is 5.92 Å². The molecule has 1 radical (unpaired) electrons. The molecule has 0 bridgehead atoms. The zero-order valence-electron chi connectivity index (χ0n) is 22.8. The molecular weight excluding hydrogens is 671 g/mol. The Bertz CT molecular complexity index is 1640. The minimum absolute atomic E-state index is 0. The molecule has 6 aromatic rings. The van der Waals surface area contributed by atoms with E-state index in [2.05, 4.69) is 59.4 Å². The van der Waals surface area contributed by atoms with Crippen LogP contribution in [0.2, 0.25) is 0 Å². The Morgan fingerprint density at radius 1 is 0.775 bits per heavy atom. The molecule has 40 heavy (non-hydrogen) atoms. The number of rotatable bonds is 3. The van der Waals surface area contributed by atoms with Gasteiger partial charge in [0.2, 0.25) is 5.71 Å². The van der Waals surface area contributed by atoms with Crippen molar-refractivity contribution in [1.29, 1.82) is 0 Å². The molecule has 7 rings (SSSR count). The predicted molar refractivity (Wildman–Crippen MR) is 157 cm³/mol. The van der Waals surface area contributed by atoms with Crippen molar-refractivity contribution >= 4 is 22.1 Å². The number of hydrogen-bond acceptors (Lipinski definition) is 4. The summed E-state index contributed by atoms with van der Waals surface area (Å²) in [6.45, 7) is 4.10. The quantitative estimate of drug-likeness (QED) is 0.173. The Hall–Kier alpha value is -3.66. The van der Waals surface area contributed by atoms with Crippen LogP contribution in [0.25, 0.3) is 44.6 Å². The molecule has 5 heteroatoms. The molecule has 0 saturated heterocycles. The Kier molecular flexibility index (Phi) is 8.84. The molecule has 1 aliphatic rings. The van der Waals surface area contributed by atoms with E-state index in [1.165, 1.54) is 48.9 Å². The van der Waals surface area contributed by atoms with Gasteiger partial charge in [-0.3, -0.25) is 0 Å². The zero-order chi connectivity index (χ0) is 26.6. The molecule has 0 N–H and O–H groups in total. The first kappa shape index (κ1) is 27.9. The largest absolute Gasteiger partial charge is 0.486 e. The summed E-state index contributed by atoms with van der Waals surface area (Å²) in [6, 6.07) is 30.9. The molecule has 1 aliphatic carbocycles. The molecule has 4 nitrogen and oxygen atoms in total. The Morgan fingerprint density at radius 3 is 2.35 bits per heavy atom. The second-order valence-corrected chi connectivity index (χ2v) is 10.3. The van der Waals surface area contributed by atoms with Gasteiger partial charge in [-0.25, -0.2) is 4.98 Å². The van der Waals surface area contributed by atoms with Gasteiger partial charge in [0, 0.05) is 49.5 Å². The number of benzene rings is 2. The molecule has 203 valence electrons. The molecule has 0 spiro atoms. The molecule has 0 aliphatic heterocycles. The minimum Gasteiger partial charge on any atom is -0.486 e. The topological polar surface area (TPSA) is 51.8 Å². The fourth-order valence-corrected chi connectivity index (χ4v) is 5.25. The summed E-state index contributed by atoms with van der Waals surface area (Å²) < 4.78 is 6.19. The van der Waals surface area contributed by atoms with E-state index in [1.807, 2.05) is 55.6 Å². The van der Waals surface area contributed by atoms with Crippen molar-refractivity contribution < 1.29 is 24.5 Å². The Labute approximate surface area is 249 Å². The van der Waals surface area contributed by atoms with Gasteiger partial charge in [-0.05, 0) is 54.9 Å². The molecule has 4 aromatic heterocycles. The van der Waals surface area contributed by atoms with Gasteiger partial charge in [-0.2, -0.15) is 0 Å². The molecule has 0 amide bonds. The SMILES string of the molecule is Cc1c[c-]c(-c2ccc(C)cn2)cc1.[Ir].[c-]1ccc2c(oc3nc(C4CCCCC4)ccc32)c1-c1ccccn1. The number of aromatic nitrogens is 3. The van der Waals surface area contributed by atoms with Crippen molar-refractivity contribution in [2.75, 3.05) is 0 Å². The number of hydrogen-bond donors (Lipinski definition) is 0. The van der Waals surface area contributed by atoms with Crippen molar-refractivity contribution in [2.45, 2.75) is 51.9 Å². The number of nitrogens with zero attached hydrogens (tertiary/aromatic N) is 3. The van der Waals surface area contributed by atoms with E-state index < -0.39 is 0 Å². The van der Waals surface area contributed by atoms with Gasteiger partial charge in [-0.15, -0.1) is 53.6 Å². The molecular formula is C35H31IrN3O-2. The van der Waals surface area contributed by atoms with Crippen molar-refractivity contribution in [3.63, 3.8) is 0 Å². The van der Waals surface area contributed by atoms with E-state index in [1.54, 1.807) is 6.20 Å². The van der Waals surface area contributed by atoms with Crippen LogP contribution in [-0.2, 0) is 20.1 Å². The van der Waals surface area contributed by atoms with E-state index >= 15 is 0 Å². The van der Waals surface area contributed by atoms with Gasteiger partial charge >= 0.3 is 0 Å². The van der Waals surface area contributed by atoms with Gasteiger partial charge in [0.1, 0.15) is 0 Å². The summed E-state index contributed by atoms with van der Waals surface area (Å²) in [4.78, 5) is 13.7. The monoisotopic (exact) mass is 702 g/mol. The van der Waals surface area contributed by atoms with Crippen molar-refractivity contribution in [2.24, 2.45) is 0 Å². The Balaban J connectivity index is 0.000000184. The summed E-state index contributed by atoms with van der Waals surface area (Å²) in [5, 5.41) is 2.15. The zero-order valence-corrected chi connectivity index (χ0v) is 25.2. The van der Waals surface area contributed by atoms with Crippen LogP contribution in [0.1, 0.15) is 54.8 Å². The second kappa shape index (κ2) is 12.7. The molecule has 1 saturated carbocycles. The van der Waals surface area contributed by atoms with Crippen LogP contribution < -0.4 is 0 Å². The third-order valence-electron chi connectivity index (χ3n) is 7.42. The standard InChI is InChI=1S/C22H19N2O.C13H12N.Ir/c1-2-7-15(8-3-1)19-13-12-17-16-9-6-10-18(20-11-4-5-14-23-20)21(16)25-22(17)24-19;1-10-3-6-12(7-4-10)13-8-5-11(2)9-14-13;/h4-6,9,11-15H,1-3,7-8H2;3-6,8-9H,1-2H3;/q2*-1;. The van der Waals surface area contributed by atoms with Crippen LogP contribution in [0.15, 0.2) is 89.6 Å². The first-order valence-corrected chi connectivity index (χ1v) is 13.7. The van der Waals surface area contributed by atoms with Gasteiger partial charge in [-0.1, -0.05) is 61.4 Å². The van der Waals surface area contributed by atoms with E-state index in [4.69, 9.17) is 9.40 Å². The maximum Gasteiger partial charge on any atom is 0.216 e. The second-order valence-electron chi connectivity index (χ2n) is 10.3.